The molecule has 3 heteroatoms. The van der Waals surface area contributed by atoms with Gasteiger partial charge in [0.1, 0.15) is 5.75 Å². The normalized spacial score (nSPS) is 19.3. The number of phenolic OH excluding ortho intramolecular Hbond substituents is 1. The summed E-state index contributed by atoms with van der Waals surface area (Å²) >= 11 is 0. The molecule has 2 rings (SSSR count). The lowest BCUT2D eigenvalue weighted by atomic mass is 9.93. The van der Waals surface area contributed by atoms with Crippen molar-refractivity contribution in [3.05, 3.63) is 23.8 Å². The molecule has 0 bridgehead atoms. The Labute approximate surface area is 96.9 Å². The van der Waals surface area contributed by atoms with Crippen LogP contribution in [-0.2, 0) is 6.42 Å². The van der Waals surface area contributed by atoms with Crippen LogP contribution in [0.25, 0.3) is 0 Å². The number of aromatic hydroxyl groups is 1. The van der Waals surface area contributed by atoms with Gasteiger partial charge in [0.05, 0.1) is 5.69 Å². The first-order chi connectivity index (χ1) is 7.66. The number of anilines is 1. The first-order valence-corrected chi connectivity index (χ1v) is 5.95. The lowest BCUT2D eigenvalue weighted by Gasteiger charge is -2.27. The molecule has 1 aromatic carbocycles. The number of nitrogens with one attached hydrogen (secondary N) is 2. The van der Waals surface area contributed by atoms with Crippen molar-refractivity contribution in [2.45, 2.75) is 26.3 Å². The first-order valence-electron chi connectivity index (χ1n) is 5.95. The van der Waals surface area contributed by atoms with Crippen molar-refractivity contribution >= 4 is 5.69 Å². The van der Waals surface area contributed by atoms with E-state index < -0.39 is 0 Å². The zero-order chi connectivity index (χ0) is 11.5. The fourth-order valence-electron chi connectivity index (χ4n) is 2.14. The molecule has 88 valence electrons. The minimum Gasteiger partial charge on any atom is -0.506 e. The summed E-state index contributed by atoms with van der Waals surface area (Å²) in [6.07, 6.45) is 1.04. The Morgan fingerprint density at radius 1 is 1.50 bits per heavy atom. The maximum atomic E-state index is 9.68. The van der Waals surface area contributed by atoms with Crippen molar-refractivity contribution in [2.75, 3.05) is 18.4 Å². The predicted octanol–water partition coefficient (Wildman–Crippen LogP) is 1.97. The Kier molecular flexibility index (Phi) is 3.34. The molecule has 0 saturated carbocycles. The van der Waals surface area contributed by atoms with Gasteiger partial charge in [-0.1, -0.05) is 26.0 Å². The molecule has 1 aromatic rings. The third kappa shape index (κ3) is 2.47. The Bertz CT molecular complexity index is 363. The van der Waals surface area contributed by atoms with E-state index in [0.717, 1.165) is 25.2 Å². The van der Waals surface area contributed by atoms with Crippen molar-refractivity contribution in [3.63, 3.8) is 0 Å². The lowest BCUT2D eigenvalue weighted by Crippen LogP contribution is -2.35. The smallest absolute Gasteiger partial charge is 0.138 e. The Hall–Kier alpha value is -1.22. The minimum atomic E-state index is 0.368. The maximum Gasteiger partial charge on any atom is 0.138 e. The van der Waals surface area contributed by atoms with Gasteiger partial charge in [0.25, 0.3) is 0 Å². The molecular formula is C13H20N2O. The van der Waals surface area contributed by atoms with Crippen LogP contribution >= 0.6 is 0 Å². The molecule has 0 aliphatic carbocycles. The van der Waals surface area contributed by atoms with Crippen molar-refractivity contribution in [1.29, 1.82) is 0 Å². The standard InChI is InChI=1S/C13H20N2O/c1-9(2)14-7-10-6-11-4-3-5-12(16)13(11)15-8-10/h3-5,9-10,14-16H,6-8H2,1-2H3. The second-order valence-electron chi connectivity index (χ2n) is 4.83. The Morgan fingerprint density at radius 3 is 3.06 bits per heavy atom. The molecule has 0 fully saturated rings. The number of hydrogen-bond donors (Lipinski definition) is 3. The van der Waals surface area contributed by atoms with Crippen LogP contribution in [0.1, 0.15) is 19.4 Å². The van der Waals surface area contributed by atoms with Crippen LogP contribution in [0.15, 0.2) is 18.2 Å². The highest BCUT2D eigenvalue weighted by atomic mass is 16.3. The summed E-state index contributed by atoms with van der Waals surface area (Å²) in [4.78, 5) is 0. The summed E-state index contributed by atoms with van der Waals surface area (Å²) in [5, 5.41) is 16.5. The predicted molar refractivity (Wildman–Crippen MR) is 66.9 cm³/mol. The summed E-state index contributed by atoms with van der Waals surface area (Å²) in [6.45, 7) is 6.29. The average Bonchev–Trinajstić information content (AvgIpc) is 2.26. The van der Waals surface area contributed by atoms with Crippen LogP contribution in [-0.4, -0.2) is 24.2 Å². The zero-order valence-corrected chi connectivity index (χ0v) is 9.96. The highest BCUT2D eigenvalue weighted by Crippen LogP contribution is 2.32. The number of phenols is 1. The van der Waals surface area contributed by atoms with E-state index in [0.29, 0.717) is 17.7 Å². The van der Waals surface area contributed by atoms with Crippen LogP contribution in [0.5, 0.6) is 5.75 Å². The molecule has 0 spiro atoms. The van der Waals surface area contributed by atoms with Crippen LogP contribution in [0, 0.1) is 5.92 Å². The average molecular weight is 220 g/mol. The monoisotopic (exact) mass is 220 g/mol. The van der Waals surface area contributed by atoms with Crippen LogP contribution < -0.4 is 10.6 Å². The van der Waals surface area contributed by atoms with Gasteiger partial charge >= 0.3 is 0 Å². The van der Waals surface area contributed by atoms with Crippen LogP contribution in [0.4, 0.5) is 5.69 Å². The molecule has 3 N–H and O–H groups in total. The number of rotatable bonds is 3. The quantitative estimate of drug-likeness (QED) is 0.682. The van der Waals surface area contributed by atoms with E-state index >= 15 is 0 Å². The third-order valence-corrected chi connectivity index (χ3v) is 3.02. The van der Waals surface area contributed by atoms with Crippen LogP contribution in [0.2, 0.25) is 0 Å². The van der Waals surface area contributed by atoms with Crippen LogP contribution in [0.3, 0.4) is 0 Å². The van der Waals surface area contributed by atoms with E-state index in [1.165, 1.54) is 5.56 Å². The maximum absolute atomic E-state index is 9.68. The summed E-state index contributed by atoms with van der Waals surface area (Å²) in [7, 11) is 0. The highest BCUT2D eigenvalue weighted by molar-refractivity contribution is 5.62. The number of fused-ring (bicyclic) bond motifs is 1. The molecule has 0 aromatic heterocycles. The molecule has 0 saturated heterocycles. The fraction of sp³-hybridized carbons (Fsp3) is 0.538. The number of para-hydroxylation sites is 1. The van der Waals surface area contributed by atoms with Crippen molar-refractivity contribution in [2.24, 2.45) is 5.92 Å². The molecule has 1 unspecified atom stereocenters. The zero-order valence-electron chi connectivity index (χ0n) is 9.96. The van der Waals surface area contributed by atoms with E-state index in [4.69, 9.17) is 0 Å². The first kappa shape index (κ1) is 11.3. The van der Waals surface area contributed by atoms with Crippen molar-refractivity contribution < 1.29 is 5.11 Å². The van der Waals surface area contributed by atoms with E-state index in [1.54, 1.807) is 6.07 Å². The van der Waals surface area contributed by atoms with Gasteiger partial charge in [-0.05, 0) is 24.0 Å². The Morgan fingerprint density at radius 2 is 2.31 bits per heavy atom. The van der Waals surface area contributed by atoms with Gasteiger partial charge in [-0.25, -0.2) is 0 Å². The van der Waals surface area contributed by atoms with Gasteiger partial charge in [-0.2, -0.15) is 0 Å². The number of hydrogen-bond acceptors (Lipinski definition) is 3. The molecule has 0 amide bonds. The van der Waals surface area contributed by atoms with E-state index in [-0.39, 0.29) is 0 Å². The third-order valence-electron chi connectivity index (χ3n) is 3.02. The summed E-state index contributed by atoms with van der Waals surface area (Å²) in [5.41, 5.74) is 2.14. The topological polar surface area (TPSA) is 44.3 Å². The van der Waals surface area contributed by atoms with Gasteiger partial charge in [0.2, 0.25) is 0 Å². The second kappa shape index (κ2) is 4.74. The van der Waals surface area contributed by atoms with Gasteiger partial charge in [0, 0.05) is 19.1 Å². The molecule has 16 heavy (non-hydrogen) atoms. The lowest BCUT2D eigenvalue weighted by molar-refractivity contribution is 0.445. The van der Waals surface area contributed by atoms with E-state index in [1.807, 2.05) is 6.07 Å². The molecule has 1 atom stereocenters. The molecule has 1 aliphatic heterocycles. The molecule has 1 aliphatic rings. The largest absolute Gasteiger partial charge is 0.506 e. The molecule has 0 radical (unpaired) electrons. The summed E-state index contributed by atoms with van der Waals surface area (Å²) in [5.74, 6) is 0.976. The summed E-state index contributed by atoms with van der Waals surface area (Å²) in [6, 6.07) is 6.27. The minimum absolute atomic E-state index is 0.368. The SMILES string of the molecule is CC(C)NCC1CNc2c(O)cccc2C1. The molecule has 3 nitrogen and oxygen atoms in total. The van der Waals surface area contributed by atoms with Gasteiger partial charge < -0.3 is 15.7 Å². The van der Waals surface area contributed by atoms with E-state index in [2.05, 4.69) is 30.5 Å². The highest BCUT2D eigenvalue weighted by Gasteiger charge is 2.19. The van der Waals surface area contributed by atoms with Gasteiger partial charge in [-0.15, -0.1) is 0 Å². The summed E-state index contributed by atoms with van der Waals surface area (Å²) < 4.78 is 0. The van der Waals surface area contributed by atoms with Gasteiger partial charge in [-0.3, -0.25) is 0 Å². The second-order valence-corrected chi connectivity index (χ2v) is 4.83. The Balaban J connectivity index is 2.01. The molecule has 1 heterocycles. The molecular weight excluding hydrogens is 200 g/mol. The van der Waals surface area contributed by atoms with E-state index in [9.17, 15) is 5.11 Å². The van der Waals surface area contributed by atoms with Gasteiger partial charge in [0.15, 0.2) is 0 Å². The van der Waals surface area contributed by atoms with Crippen molar-refractivity contribution in [3.8, 4) is 5.75 Å². The number of benzene rings is 1. The van der Waals surface area contributed by atoms with Crippen molar-refractivity contribution in [1.82, 2.24) is 5.32 Å². The fourth-order valence-corrected chi connectivity index (χ4v) is 2.14.